The predicted molar refractivity (Wildman–Crippen MR) is 74.7 cm³/mol. The molecule has 18 heavy (non-hydrogen) atoms. The first kappa shape index (κ1) is 12.7. The summed E-state index contributed by atoms with van der Waals surface area (Å²) in [5.74, 6) is 0. The van der Waals surface area contributed by atoms with Crippen molar-refractivity contribution in [1.82, 2.24) is 4.90 Å². The number of rotatable bonds is 3. The summed E-state index contributed by atoms with van der Waals surface area (Å²) in [5.41, 5.74) is 7.47. The molecule has 0 bridgehead atoms. The van der Waals surface area contributed by atoms with Crippen LogP contribution in [-0.4, -0.2) is 30.6 Å². The average Bonchev–Trinajstić information content (AvgIpc) is 2.90. The zero-order valence-corrected chi connectivity index (χ0v) is 10.9. The van der Waals surface area contributed by atoms with Crippen LogP contribution in [0, 0.1) is 0 Å². The first-order valence-electron chi connectivity index (χ1n) is 6.65. The van der Waals surface area contributed by atoms with E-state index in [2.05, 4.69) is 6.92 Å². The second kappa shape index (κ2) is 5.76. The molecule has 1 saturated heterocycles. The van der Waals surface area contributed by atoms with Crippen LogP contribution < -0.4 is 10.6 Å². The molecule has 0 atom stereocenters. The van der Waals surface area contributed by atoms with Crippen LogP contribution in [0.5, 0.6) is 0 Å². The molecule has 0 aliphatic carbocycles. The molecular weight excluding hydrogens is 226 g/mol. The Morgan fingerprint density at radius 3 is 2.61 bits per heavy atom. The summed E-state index contributed by atoms with van der Waals surface area (Å²) >= 11 is 0. The average molecular weight is 247 g/mol. The van der Waals surface area contributed by atoms with E-state index in [0.29, 0.717) is 12.2 Å². The van der Waals surface area contributed by atoms with Crippen molar-refractivity contribution < 1.29 is 4.79 Å². The van der Waals surface area contributed by atoms with Gasteiger partial charge in [-0.05, 0) is 31.4 Å². The van der Waals surface area contributed by atoms with Crippen molar-refractivity contribution in [3.05, 3.63) is 24.3 Å². The minimum atomic E-state index is 0.0900. The van der Waals surface area contributed by atoms with Gasteiger partial charge in [-0.15, -0.1) is 0 Å². The fourth-order valence-electron chi connectivity index (χ4n) is 2.36. The van der Waals surface area contributed by atoms with Crippen LogP contribution in [0.15, 0.2) is 24.3 Å². The maximum absolute atomic E-state index is 12.5. The van der Waals surface area contributed by atoms with Crippen molar-refractivity contribution in [3.63, 3.8) is 0 Å². The number of carbonyl (C=O) groups excluding carboxylic acids is 1. The summed E-state index contributed by atoms with van der Waals surface area (Å²) in [7, 11) is 0. The number of hydrogen-bond acceptors (Lipinski definition) is 2. The Bertz CT molecular complexity index is 413. The van der Waals surface area contributed by atoms with E-state index >= 15 is 0 Å². The molecule has 0 spiro atoms. The lowest BCUT2D eigenvalue weighted by atomic mass is 10.2. The lowest BCUT2D eigenvalue weighted by molar-refractivity contribution is 0.215. The van der Waals surface area contributed by atoms with Crippen molar-refractivity contribution in [2.24, 2.45) is 0 Å². The third-order valence-corrected chi connectivity index (χ3v) is 3.28. The molecule has 4 nitrogen and oxygen atoms in total. The van der Waals surface area contributed by atoms with E-state index in [1.807, 2.05) is 29.2 Å². The molecule has 1 aromatic rings. The zero-order chi connectivity index (χ0) is 13.0. The highest BCUT2D eigenvalue weighted by atomic mass is 16.2. The van der Waals surface area contributed by atoms with Crippen LogP contribution in [0.3, 0.4) is 0 Å². The van der Waals surface area contributed by atoms with Gasteiger partial charge in [0.2, 0.25) is 0 Å². The minimum absolute atomic E-state index is 0.0900. The molecule has 4 heteroatoms. The molecule has 0 aromatic heterocycles. The molecule has 2 amide bonds. The van der Waals surface area contributed by atoms with Gasteiger partial charge in [0.1, 0.15) is 0 Å². The van der Waals surface area contributed by atoms with Gasteiger partial charge >= 0.3 is 6.03 Å². The normalized spacial score (nSPS) is 14.8. The van der Waals surface area contributed by atoms with E-state index < -0.39 is 0 Å². The fourth-order valence-corrected chi connectivity index (χ4v) is 2.36. The number of likely N-dealkylation sites (tertiary alicyclic amines) is 1. The number of nitrogen functional groups attached to an aromatic ring is 1. The summed E-state index contributed by atoms with van der Waals surface area (Å²) in [4.78, 5) is 16.2. The Hall–Kier alpha value is -1.71. The van der Waals surface area contributed by atoms with Gasteiger partial charge in [0, 0.05) is 19.6 Å². The van der Waals surface area contributed by atoms with E-state index in [1.165, 1.54) is 0 Å². The smallest absolute Gasteiger partial charge is 0.324 e. The molecule has 1 aromatic carbocycles. The van der Waals surface area contributed by atoms with Crippen LogP contribution in [-0.2, 0) is 0 Å². The third-order valence-electron chi connectivity index (χ3n) is 3.28. The Kier molecular flexibility index (Phi) is 4.07. The number of anilines is 2. The van der Waals surface area contributed by atoms with Gasteiger partial charge in [-0.25, -0.2) is 4.79 Å². The van der Waals surface area contributed by atoms with Crippen LogP contribution in [0.1, 0.15) is 26.2 Å². The molecule has 2 N–H and O–H groups in total. The lowest BCUT2D eigenvalue weighted by Crippen LogP contribution is -2.42. The summed E-state index contributed by atoms with van der Waals surface area (Å²) < 4.78 is 0. The van der Waals surface area contributed by atoms with Gasteiger partial charge in [0.25, 0.3) is 0 Å². The van der Waals surface area contributed by atoms with E-state index in [-0.39, 0.29) is 6.03 Å². The van der Waals surface area contributed by atoms with Crippen LogP contribution in [0.25, 0.3) is 0 Å². The molecule has 0 unspecified atom stereocenters. The highest BCUT2D eigenvalue weighted by molar-refractivity contribution is 5.95. The fraction of sp³-hybridized carbons (Fsp3) is 0.500. The number of nitrogens with zero attached hydrogens (tertiary/aromatic N) is 2. The highest BCUT2D eigenvalue weighted by Gasteiger charge is 2.25. The second-order valence-corrected chi connectivity index (χ2v) is 4.69. The Morgan fingerprint density at radius 1 is 1.33 bits per heavy atom. The van der Waals surface area contributed by atoms with Crippen LogP contribution in [0.4, 0.5) is 16.2 Å². The quantitative estimate of drug-likeness (QED) is 0.835. The second-order valence-electron chi connectivity index (χ2n) is 4.69. The molecule has 2 rings (SSSR count). The predicted octanol–water partition coefficient (Wildman–Crippen LogP) is 2.70. The Morgan fingerprint density at radius 2 is 2.00 bits per heavy atom. The van der Waals surface area contributed by atoms with Gasteiger partial charge in [-0.3, -0.25) is 4.90 Å². The Balaban J connectivity index is 2.22. The third kappa shape index (κ3) is 2.58. The number of para-hydroxylation sites is 2. The highest BCUT2D eigenvalue weighted by Crippen LogP contribution is 2.25. The standard InChI is InChI=1S/C14H21N3O/c1-2-9-17(13-8-4-3-7-12(13)15)14(18)16-10-5-6-11-16/h3-4,7-8H,2,5-6,9-11,15H2,1H3. The number of hydrogen-bond donors (Lipinski definition) is 1. The van der Waals surface area contributed by atoms with E-state index in [4.69, 9.17) is 5.73 Å². The number of urea groups is 1. The van der Waals surface area contributed by atoms with E-state index in [0.717, 1.165) is 38.0 Å². The van der Waals surface area contributed by atoms with Crippen molar-refractivity contribution in [3.8, 4) is 0 Å². The van der Waals surface area contributed by atoms with Crippen molar-refractivity contribution in [1.29, 1.82) is 0 Å². The van der Waals surface area contributed by atoms with Crippen molar-refractivity contribution in [2.75, 3.05) is 30.3 Å². The summed E-state index contributed by atoms with van der Waals surface area (Å²) in [6, 6.07) is 7.66. The van der Waals surface area contributed by atoms with E-state index in [1.54, 1.807) is 4.90 Å². The number of amides is 2. The maximum Gasteiger partial charge on any atom is 0.324 e. The summed E-state index contributed by atoms with van der Waals surface area (Å²) in [6.45, 7) is 4.52. The van der Waals surface area contributed by atoms with Gasteiger partial charge in [0.05, 0.1) is 11.4 Å². The molecule has 0 saturated carbocycles. The summed E-state index contributed by atoms with van der Waals surface area (Å²) in [6.07, 6.45) is 3.14. The molecular formula is C14H21N3O. The SMILES string of the molecule is CCCN(C(=O)N1CCCC1)c1ccccc1N. The Labute approximate surface area is 108 Å². The van der Waals surface area contributed by atoms with Crippen LogP contribution >= 0.6 is 0 Å². The van der Waals surface area contributed by atoms with E-state index in [9.17, 15) is 4.79 Å². The maximum atomic E-state index is 12.5. The molecule has 1 aliphatic heterocycles. The van der Waals surface area contributed by atoms with Gasteiger partial charge in [0.15, 0.2) is 0 Å². The van der Waals surface area contributed by atoms with Crippen molar-refractivity contribution >= 4 is 17.4 Å². The van der Waals surface area contributed by atoms with Gasteiger partial charge in [-0.2, -0.15) is 0 Å². The molecule has 1 fully saturated rings. The number of benzene rings is 1. The van der Waals surface area contributed by atoms with Crippen molar-refractivity contribution in [2.45, 2.75) is 26.2 Å². The number of carbonyl (C=O) groups is 1. The first-order chi connectivity index (χ1) is 8.74. The number of nitrogens with two attached hydrogens (primary N) is 1. The first-order valence-corrected chi connectivity index (χ1v) is 6.65. The van der Waals surface area contributed by atoms with Gasteiger partial charge < -0.3 is 10.6 Å². The lowest BCUT2D eigenvalue weighted by Gasteiger charge is -2.28. The molecule has 98 valence electrons. The van der Waals surface area contributed by atoms with Crippen LogP contribution in [0.2, 0.25) is 0 Å². The summed E-state index contributed by atoms with van der Waals surface area (Å²) in [5, 5.41) is 0. The van der Waals surface area contributed by atoms with Gasteiger partial charge in [-0.1, -0.05) is 19.1 Å². The molecule has 1 aliphatic rings. The molecule has 0 radical (unpaired) electrons. The minimum Gasteiger partial charge on any atom is -0.397 e. The topological polar surface area (TPSA) is 49.6 Å². The zero-order valence-electron chi connectivity index (χ0n) is 10.9. The largest absolute Gasteiger partial charge is 0.397 e. The monoisotopic (exact) mass is 247 g/mol. The molecule has 1 heterocycles.